The maximum atomic E-state index is 11.0. The van der Waals surface area contributed by atoms with Gasteiger partial charge in [0.1, 0.15) is 5.15 Å². The molecular formula is C10H12ClNO3. The Kier molecular flexibility index (Phi) is 4.05. The first-order valence-electron chi connectivity index (χ1n) is 4.42. The van der Waals surface area contributed by atoms with E-state index >= 15 is 0 Å². The Bertz CT molecular complexity index is 368. The average Bonchev–Trinajstić information content (AvgIpc) is 2.20. The maximum Gasteiger partial charge on any atom is 0.335 e. The van der Waals surface area contributed by atoms with E-state index in [0.29, 0.717) is 10.7 Å². The first kappa shape index (κ1) is 11.9. The number of esters is 1. The van der Waals surface area contributed by atoms with Gasteiger partial charge in [-0.05, 0) is 18.6 Å². The van der Waals surface area contributed by atoms with Crippen LogP contribution in [0.25, 0.3) is 0 Å². The number of methoxy groups -OCH3 is 1. The van der Waals surface area contributed by atoms with Gasteiger partial charge in [0.2, 0.25) is 0 Å². The zero-order chi connectivity index (χ0) is 11.4. The summed E-state index contributed by atoms with van der Waals surface area (Å²) in [5.74, 6) is -0.674. The highest BCUT2D eigenvalue weighted by atomic mass is 35.5. The standard InChI is InChI=1S/C10H12ClNO3/c1-6-3-4-7(9(11)12-6)5-8(13)10(14)15-2/h3-4,8,13H,5H2,1-2H3. The van der Waals surface area contributed by atoms with Crippen molar-refractivity contribution in [2.24, 2.45) is 0 Å². The van der Waals surface area contributed by atoms with Crippen molar-refractivity contribution < 1.29 is 14.6 Å². The number of ether oxygens (including phenoxy) is 1. The fraction of sp³-hybridized carbons (Fsp3) is 0.400. The molecule has 1 aromatic heterocycles. The first-order chi connectivity index (χ1) is 7.04. The second-order valence-corrected chi connectivity index (χ2v) is 3.50. The highest BCUT2D eigenvalue weighted by Crippen LogP contribution is 2.15. The van der Waals surface area contributed by atoms with E-state index in [1.165, 1.54) is 7.11 Å². The number of aromatic nitrogens is 1. The molecule has 82 valence electrons. The van der Waals surface area contributed by atoms with Gasteiger partial charge in [-0.3, -0.25) is 0 Å². The first-order valence-corrected chi connectivity index (χ1v) is 4.80. The van der Waals surface area contributed by atoms with Crippen LogP contribution in [0.3, 0.4) is 0 Å². The fourth-order valence-electron chi connectivity index (χ4n) is 1.13. The zero-order valence-electron chi connectivity index (χ0n) is 8.53. The number of pyridine rings is 1. The van der Waals surface area contributed by atoms with E-state index in [9.17, 15) is 9.90 Å². The molecular weight excluding hydrogens is 218 g/mol. The summed E-state index contributed by atoms with van der Waals surface area (Å²) in [6, 6.07) is 3.50. The van der Waals surface area contributed by atoms with Crippen molar-refractivity contribution in [3.8, 4) is 0 Å². The minimum Gasteiger partial charge on any atom is -0.467 e. The molecule has 0 fully saturated rings. The largest absolute Gasteiger partial charge is 0.467 e. The molecule has 0 spiro atoms. The van der Waals surface area contributed by atoms with Crippen LogP contribution in [-0.2, 0) is 16.0 Å². The molecule has 0 aliphatic carbocycles. The van der Waals surface area contributed by atoms with Crippen LogP contribution in [0.15, 0.2) is 12.1 Å². The van der Waals surface area contributed by atoms with Crippen LogP contribution in [0.2, 0.25) is 5.15 Å². The van der Waals surface area contributed by atoms with Crippen LogP contribution in [0.4, 0.5) is 0 Å². The third-order valence-electron chi connectivity index (χ3n) is 1.95. The quantitative estimate of drug-likeness (QED) is 0.623. The summed E-state index contributed by atoms with van der Waals surface area (Å²) in [7, 11) is 1.22. The topological polar surface area (TPSA) is 59.4 Å². The number of aryl methyl sites for hydroxylation is 1. The van der Waals surface area contributed by atoms with E-state index in [1.54, 1.807) is 12.1 Å². The van der Waals surface area contributed by atoms with Crippen LogP contribution in [0.1, 0.15) is 11.3 Å². The van der Waals surface area contributed by atoms with E-state index in [4.69, 9.17) is 11.6 Å². The number of carbonyl (C=O) groups excluding carboxylic acids is 1. The molecule has 15 heavy (non-hydrogen) atoms. The number of halogens is 1. The number of carbonyl (C=O) groups is 1. The SMILES string of the molecule is COC(=O)C(O)Cc1ccc(C)nc1Cl. The summed E-state index contributed by atoms with van der Waals surface area (Å²) in [6.45, 7) is 1.81. The van der Waals surface area contributed by atoms with Gasteiger partial charge in [0.25, 0.3) is 0 Å². The lowest BCUT2D eigenvalue weighted by Gasteiger charge is -2.09. The third kappa shape index (κ3) is 3.18. The van der Waals surface area contributed by atoms with Crippen LogP contribution in [0, 0.1) is 6.92 Å². The van der Waals surface area contributed by atoms with Crippen molar-refractivity contribution in [2.45, 2.75) is 19.4 Å². The summed E-state index contributed by atoms with van der Waals surface area (Å²) < 4.78 is 4.40. The second-order valence-electron chi connectivity index (χ2n) is 3.15. The molecule has 5 heteroatoms. The predicted molar refractivity (Wildman–Crippen MR) is 55.7 cm³/mol. The molecule has 1 aromatic rings. The third-order valence-corrected chi connectivity index (χ3v) is 2.28. The summed E-state index contributed by atoms with van der Waals surface area (Å²) in [5.41, 5.74) is 1.41. The summed E-state index contributed by atoms with van der Waals surface area (Å²) in [6.07, 6.45) is -1.09. The van der Waals surface area contributed by atoms with E-state index < -0.39 is 12.1 Å². The summed E-state index contributed by atoms with van der Waals surface area (Å²) >= 11 is 5.85. The van der Waals surface area contributed by atoms with Gasteiger partial charge in [0.15, 0.2) is 6.10 Å². The van der Waals surface area contributed by atoms with Crippen molar-refractivity contribution >= 4 is 17.6 Å². The summed E-state index contributed by atoms with van der Waals surface area (Å²) in [5, 5.41) is 9.71. The average molecular weight is 230 g/mol. The lowest BCUT2D eigenvalue weighted by Crippen LogP contribution is -2.24. The highest BCUT2D eigenvalue weighted by molar-refractivity contribution is 6.30. The molecule has 0 aliphatic heterocycles. The molecule has 1 N–H and O–H groups in total. The van der Waals surface area contributed by atoms with Crippen molar-refractivity contribution in [3.63, 3.8) is 0 Å². The Labute approximate surface area is 92.8 Å². The van der Waals surface area contributed by atoms with E-state index in [2.05, 4.69) is 9.72 Å². The van der Waals surface area contributed by atoms with Gasteiger partial charge < -0.3 is 9.84 Å². The monoisotopic (exact) mass is 229 g/mol. The molecule has 0 amide bonds. The van der Waals surface area contributed by atoms with Crippen LogP contribution >= 0.6 is 11.6 Å². The number of rotatable bonds is 3. The number of aliphatic hydroxyl groups is 1. The molecule has 1 rings (SSSR count). The van der Waals surface area contributed by atoms with Crippen LogP contribution in [0.5, 0.6) is 0 Å². The molecule has 0 saturated carbocycles. The smallest absolute Gasteiger partial charge is 0.335 e. The molecule has 4 nitrogen and oxygen atoms in total. The molecule has 0 aliphatic rings. The van der Waals surface area contributed by atoms with Gasteiger partial charge in [0.05, 0.1) is 7.11 Å². The van der Waals surface area contributed by atoms with E-state index in [0.717, 1.165) is 5.69 Å². The van der Waals surface area contributed by atoms with Gasteiger partial charge in [0, 0.05) is 12.1 Å². The molecule has 0 radical (unpaired) electrons. The molecule has 1 atom stereocenters. The Balaban J connectivity index is 2.76. The molecule has 1 heterocycles. The molecule has 0 aromatic carbocycles. The zero-order valence-corrected chi connectivity index (χ0v) is 9.28. The Morgan fingerprint density at radius 1 is 1.67 bits per heavy atom. The van der Waals surface area contributed by atoms with Crippen molar-refractivity contribution in [1.82, 2.24) is 4.98 Å². The number of aliphatic hydroxyl groups excluding tert-OH is 1. The maximum absolute atomic E-state index is 11.0. The fourth-order valence-corrected chi connectivity index (χ4v) is 1.41. The molecule has 0 saturated heterocycles. The van der Waals surface area contributed by atoms with Gasteiger partial charge in [-0.15, -0.1) is 0 Å². The predicted octanol–water partition coefficient (Wildman–Crippen LogP) is 1.12. The van der Waals surface area contributed by atoms with E-state index in [1.807, 2.05) is 6.92 Å². The van der Waals surface area contributed by atoms with Gasteiger partial charge in [-0.25, -0.2) is 9.78 Å². The van der Waals surface area contributed by atoms with Gasteiger partial charge >= 0.3 is 5.97 Å². The van der Waals surface area contributed by atoms with Crippen LogP contribution in [-0.4, -0.2) is 29.3 Å². The molecule has 1 unspecified atom stereocenters. The minimum absolute atomic E-state index is 0.110. The lowest BCUT2D eigenvalue weighted by atomic mass is 10.1. The van der Waals surface area contributed by atoms with E-state index in [-0.39, 0.29) is 6.42 Å². The number of nitrogens with zero attached hydrogens (tertiary/aromatic N) is 1. The van der Waals surface area contributed by atoms with Crippen LogP contribution < -0.4 is 0 Å². The second kappa shape index (κ2) is 5.09. The summed E-state index contributed by atoms with van der Waals surface area (Å²) in [4.78, 5) is 15.0. The number of hydrogen-bond donors (Lipinski definition) is 1. The van der Waals surface area contributed by atoms with Crippen molar-refractivity contribution in [1.29, 1.82) is 0 Å². The van der Waals surface area contributed by atoms with Crippen molar-refractivity contribution in [2.75, 3.05) is 7.11 Å². The lowest BCUT2D eigenvalue weighted by molar-refractivity contribution is -0.150. The Morgan fingerprint density at radius 3 is 2.87 bits per heavy atom. The van der Waals surface area contributed by atoms with Gasteiger partial charge in [-0.2, -0.15) is 0 Å². The van der Waals surface area contributed by atoms with Gasteiger partial charge in [-0.1, -0.05) is 17.7 Å². The molecule has 0 bridgehead atoms. The normalized spacial score (nSPS) is 12.3. The Morgan fingerprint density at radius 2 is 2.33 bits per heavy atom. The van der Waals surface area contributed by atoms with Crippen molar-refractivity contribution in [3.05, 3.63) is 28.5 Å². The Hall–Kier alpha value is -1.13. The highest BCUT2D eigenvalue weighted by Gasteiger charge is 2.17. The minimum atomic E-state index is -1.20. The number of hydrogen-bond acceptors (Lipinski definition) is 4.